The number of carbonyl (C=O) groups excluding carboxylic acids is 1. The van der Waals surface area contributed by atoms with Gasteiger partial charge in [0.25, 0.3) is 0 Å². The molecule has 0 saturated carbocycles. The summed E-state index contributed by atoms with van der Waals surface area (Å²) < 4.78 is 10.9. The molecule has 3 aromatic rings. The molecule has 1 aromatic heterocycles. The number of fused-ring (bicyclic) bond motifs is 1. The summed E-state index contributed by atoms with van der Waals surface area (Å²) in [6, 6.07) is 18.0. The van der Waals surface area contributed by atoms with Gasteiger partial charge in [-0.15, -0.1) is 0 Å². The second kappa shape index (κ2) is 7.32. The molecule has 0 aliphatic rings. The van der Waals surface area contributed by atoms with E-state index < -0.39 is 5.97 Å². The van der Waals surface area contributed by atoms with Crippen molar-refractivity contribution in [3.63, 3.8) is 0 Å². The SMILES string of the molecule is CCOC(=O)c1oc2ccccc2c1CNC(C)c1ccccc1. The Morgan fingerprint density at radius 2 is 1.83 bits per heavy atom. The molecule has 0 radical (unpaired) electrons. The monoisotopic (exact) mass is 323 g/mol. The highest BCUT2D eigenvalue weighted by Gasteiger charge is 2.21. The smallest absolute Gasteiger partial charge is 0.374 e. The summed E-state index contributed by atoms with van der Waals surface area (Å²) in [6.45, 7) is 4.74. The van der Waals surface area contributed by atoms with E-state index in [0.717, 1.165) is 10.9 Å². The summed E-state index contributed by atoms with van der Waals surface area (Å²) in [7, 11) is 0. The van der Waals surface area contributed by atoms with Crippen LogP contribution in [0.3, 0.4) is 0 Å². The molecule has 3 rings (SSSR count). The fourth-order valence-corrected chi connectivity index (χ4v) is 2.75. The maximum absolute atomic E-state index is 12.2. The Labute approximate surface area is 141 Å². The molecule has 0 aliphatic heterocycles. The van der Waals surface area contributed by atoms with Crippen molar-refractivity contribution in [3.05, 3.63) is 71.5 Å². The molecule has 1 heterocycles. The van der Waals surface area contributed by atoms with Crippen LogP contribution in [-0.4, -0.2) is 12.6 Å². The zero-order valence-corrected chi connectivity index (χ0v) is 13.9. The van der Waals surface area contributed by atoms with Crippen molar-refractivity contribution in [2.45, 2.75) is 26.4 Å². The fourth-order valence-electron chi connectivity index (χ4n) is 2.75. The van der Waals surface area contributed by atoms with Gasteiger partial charge >= 0.3 is 5.97 Å². The van der Waals surface area contributed by atoms with Gasteiger partial charge in [0.1, 0.15) is 5.58 Å². The van der Waals surface area contributed by atoms with Gasteiger partial charge in [-0.1, -0.05) is 48.5 Å². The molecule has 1 unspecified atom stereocenters. The largest absolute Gasteiger partial charge is 0.460 e. The molecule has 0 amide bonds. The van der Waals surface area contributed by atoms with Crippen molar-refractivity contribution in [2.75, 3.05) is 6.61 Å². The van der Waals surface area contributed by atoms with Crippen LogP contribution in [0.2, 0.25) is 0 Å². The van der Waals surface area contributed by atoms with Crippen LogP contribution in [0.1, 0.15) is 41.6 Å². The Kier molecular flexibility index (Phi) is 4.96. The Morgan fingerprint density at radius 3 is 2.58 bits per heavy atom. The number of nitrogens with one attached hydrogen (secondary N) is 1. The Morgan fingerprint density at radius 1 is 1.12 bits per heavy atom. The normalized spacial score (nSPS) is 12.2. The standard InChI is InChI=1S/C20H21NO3/c1-3-23-20(22)19-17(16-11-7-8-12-18(16)24-19)13-21-14(2)15-9-5-4-6-10-15/h4-12,14,21H,3,13H2,1-2H3. The number of benzene rings is 2. The van der Waals surface area contributed by atoms with E-state index in [9.17, 15) is 4.79 Å². The molecule has 0 bridgehead atoms. The van der Waals surface area contributed by atoms with Crippen LogP contribution >= 0.6 is 0 Å². The van der Waals surface area contributed by atoms with E-state index in [1.807, 2.05) is 42.5 Å². The molecule has 4 heteroatoms. The number of rotatable bonds is 6. The van der Waals surface area contributed by atoms with Gasteiger partial charge < -0.3 is 14.5 Å². The van der Waals surface area contributed by atoms with E-state index in [0.29, 0.717) is 18.7 Å². The number of esters is 1. The average Bonchev–Trinajstić information content (AvgIpc) is 2.99. The first-order chi connectivity index (χ1) is 11.7. The zero-order chi connectivity index (χ0) is 16.9. The van der Waals surface area contributed by atoms with Gasteiger partial charge in [0.2, 0.25) is 5.76 Å². The highest BCUT2D eigenvalue weighted by molar-refractivity contribution is 5.96. The molecule has 4 nitrogen and oxygen atoms in total. The van der Waals surface area contributed by atoms with E-state index in [2.05, 4.69) is 24.4 Å². The van der Waals surface area contributed by atoms with Crippen molar-refractivity contribution in [1.29, 1.82) is 0 Å². The lowest BCUT2D eigenvalue weighted by Gasteiger charge is -2.14. The molecular weight excluding hydrogens is 302 g/mol. The van der Waals surface area contributed by atoms with Gasteiger partial charge in [0.05, 0.1) is 6.61 Å². The van der Waals surface area contributed by atoms with E-state index >= 15 is 0 Å². The molecule has 2 aromatic carbocycles. The third-order valence-electron chi connectivity index (χ3n) is 4.04. The fraction of sp³-hybridized carbons (Fsp3) is 0.250. The van der Waals surface area contributed by atoms with Crippen molar-refractivity contribution >= 4 is 16.9 Å². The molecule has 0 fully saturated rings. The van der Waals surface area contributed by atoms with Crippen molar-refractivity contribution < 1.29 is 13.9 Å². The van der Waals surface area contributed by atoms with E-state index in [4.69, 9.17) is 9.15 Å². The predicted molar refractivity (Wildman–Crippen MR) is 93.9 cm³/mol. The van der Waals surface area contributed by atoms with E-state index in [1.54, 1.807) is 6.92 Å². The molecule has 1 atom stereocenters. The van der Waals surface area contributed by atoms with Crippen LogP contribution in [0.4, 0.5) is 0 Å². The summed E-state index contributed by atoms with van der Waals surface area (Å²) >= 11 is 0. The Balaban J connectivity index is 1.87. The number of carbonyl (C=O) groups is 1. The van der Waals surface area contributed by atoms with Crippen LogP contribution in [0.15, 0.2) is 59.0 Å². The number of hydrogen-bond donors (Lipinski definition) is 1. The lowest BCUT2D eigenvalue weighted by molar-refractivity contribution is 0.0490. The maximum atomic E-state index is 12.2. The average molecular weight is 323 g/mol. The molecule has 124 valence electrons. The van der Waals surface area contributed by atoms with E-state index in [1.165, 1.54) is 5.56 Å². The van der Waals surface area contributed by atoms with Crippen LogP contribution in [0, 0.1) is 0 Å². The van der Waals surface area contributed by atoms with Crippen LogP contribution < -0.4 is 5.32 Å². The second-order valence-electron chi connectivity index (χ2n) is 5.64. The molecule has 1 N–H and O–H groups in total. The van der Waals surface area contributed by atoms with Crippen LogP contribution in [0.5, 0.6) is 0 Å². The predicted octanol–water partition coefficient (Wildman–Crippen LogP) is 4.46. The third-order valence-corrected chi connectivity index (χ3v) is 4.04. The highest BCUT2D eigenvalue weighted by Crippen LogP contribution is 2.27. The minimum absolute atomic E-state index is 0.162. The van der Waals surface area contributed by atoms with Gasteiger partial charge in [-0.3, -0.25) is 0 Å². The zero-order valence-electron chi connectivity index (χ0n) is 13.9. The van der Waals surface area contributed by atoms with Crippen molar-refractivity contribution in [2.24, 2.45) is 0 Å². The number of hydrogen-bond acceptors (Lipinski definition) is 4. The topological polar surface area (TPSA) is 51.5 Å². The number of ether oxygens (including phenoxy) is 1. The molecule has 24 heavy (non-hydrogen) atoms. The summed E-state index contributed by atoms with van der Waals surface area (Å²) in [5.41, 5.74) is 2.74. The molecule has 0 spiro atoms. The summed E-state index contributed by atoms with van der Waals surface area (Å²) in [6.07, 6.45) is 0. The second-order valence-corrected chi connectivity index (χ2v) is 5.64. The van der Waals surface area contributed by atoms with Crippen molar-refractivity contribution in [1.82, 2.24) is 5.32 Å². The number of para-hydroxylation sites is 1. The minimum Gasteiger partial charge on any atom is -0.460 e. The first-order valence-electron chi connectivity index (χ1n) is 8.16. The Hall–Kier alpha value is -2.59. The molecule has 0 aliphatic carbocycles. The summed E-state index contributed by atoms with van der Waals surface area (Å²) in [5, 5.41) is 4.40. The lowest BCUT2D eigenvalue weighted by Crippen LogP contribution is -2.19. The third kappa shape index (κ3) is 3.34. The first kappa shape index (κ1) is 16.3. The maximum Gasteiger partial charge on any atom is 0.374 e. The van der Waals surface area contributed by atoms with Gasteiger partial charge in [0, 0.05) is 23.5 Å². The quantitative estimate of drug-likeness (QED) is 0.680. The van der Waals surface area contributed by atoms with Crippen LogP contribution in [0.25, 0.3) is 11.0 Å². The lowest BCUT2D eigenvalue weighted by atomic mass is 10.1. The van der Waals surface area contributed by atoms with Crippen LogP contribution in [-0.2, 0) is 11.3 Å². The van der Waals surface area contributed by atoms with Gasteiger partial charge in [-0.25, -0.2) is 4.79 Å². The number of furan rings is 1. The Bertz CT molecular complexity index is 823. The van der Waals surface area contributed by atoms with Gasteiger partial charge in [-0.05, 0) is 25.5 Å². The molecule has 0 saturated heterocycles. The highest BCUT2D eigenvalue weighted by atomic mass is 16.5. The summed E-state index contributed by atoms with van der Waals surface area (Å²) in [5.74, 6) is -0.135. The first-order valence-corrected chi connectivity index (χ1v) is 8.16. The van der Waals surface area contributed by atoms with Gasteiger partial charge in [0.15, 0.2) is 0 Å². The minimum atomic E-state index is -0.419. The van der Waals surface area contributed by atoms with Crippen molar-refractivity contribution in [3.8, 4) is 0 Å². The summed E-state index contributed by atoms with van der Waals surface area (Å²) in [4.78, 5) is 12.2. The molecular formula is C20H21NO3. The van der Waals surface area contributed by atoms with Gasteiger partial charge in [-0.2, -0.15) is 0 Å². The van der Waals surface area contributed by atoms with E-state index in [-0.39, 0.29) is 11.8 Å².